The first-order chi connectivity index (χ1) is 11.5. The van der Waals surface area contributed by atoms with Gasteiger partial charge >= 0.3 is 0 Å². The predicted molar refractivity (Wildman–Crippen MR) is 88.6 cm³/mol. The average molecular weight is 335 g/mol. The van der Waals surface area contributed by atoms with Crippen LogP contribution in [0.1, 0.15) is 24.8 Å². The lowest BCUT2D eigenvalue weighted by molar-refractivity contribution is -0.525. The summed E-state index contributed by atoms with van der Waals surface area (Å²) in [6.07, 6.45) is 2.42. The van der Waals surface area contributed by atoms with Crippen molar-refractivity contribution >= 4 is 18.2 Å². The van der Waals surface area contributed by atoms with E-state index in [1.807, 2.05) is 30.3 Å². The van der Waals surface area contributed by atoms with Gasteiger partial charge in [-0.15, -0.1) is 0 Å². The van der Waals surface area contributed by atoms with Crippen LogP contribution in [-0.2, 0) is 16.0 Å². The van der Waals surface area contributed by atoms with Crippen LogP contribution in [0.4, 0.5) is 0 Å². The molecule has 0 bridgehead atoms. The van der Waals surface area contributed by atoms with Crippen LogP contribution in [0.3, 0.4) is 0 Å². The summed E-state index contributed by atoms with van der Waals surface area (Å²) in [6.45, 7) is 0.219. The number of nitro groups is 1. The molecule has 1 aromatic rings. The molecule has 1 rings (SSSR count). The molecule has 1 aromatic carbocycles. The molecule has 0 spiro atoms. The van der Waals surface area contributed by atoms with E-state index in [9.17, 15) is 19.7 Å². The van der Waals surface area contributed by atoms with E-state index in [0.29, 0.717) is 32.0 Å². The van der Waals surface area contributed by atoms with Gasteiger partial charge in [0.15, 0.2) is 5.03 Å². The summed E-state index contributed by atoms with van der Waals surface area (Å²) < 4.78 is 0. The maximum atomic E-state index is 11.8. The van der Waals surface area contributed by atoms with E-state index in [1.54, 1.807) is 5.43 Å². The Morgan fingerprint density at radius 1 is 1.38 bits per heavy atom. The minimum Gasteiger partial charge on any atom is -0.365 e. The Hall–Kier alpha value is -2.97. The van der Waals surface area contributed by atoms with Gasteiger partial charge in [-0.2, -0.15) is 0 Å². The largest absolute Gasteiger partial charge is 0.365 e. The van der Waals surface area contributed by atoms with Crippen LogP contribution in [0.25, 0.3) is 0 Å². The predicted octanol–water partition coefficient (Wildman–Crippen LogP) is 0.179. The molecular weight excluding hydrogens is 314 g/mol. The van der Waals surface area contributed by atoms with E-state index in [1.165, 1.54) is 0 Å². The molecule has 0 fully saturated rings. The molecule has 0 radical (unpaired) electrons. The van der Waals surface area contributed by atoms with Gasteiger partial charge in [-0.05, 0) is 24.8 Å². The summed E-state index contributed by atoms with van der Waals surface area (Å²) in [4.78, 5) is 36.7. The van der Waals surface area contributed by atoms with E-state index < -0.39 is 11.1 Å². The molecule has 0 saturated heterocycles. The number of nitrogens with zero attached hydrogens (tertiary/aromatic N) is 2. The van der Waals surface area contributed by atoms with Crippen LogP contribution in [0, 0.1) is 10.1 Å². The summed E-state index contributed by atoms with van der Waals surface area (Å²) in [5.41, 5.74) is 8.03. The number of hydrogen-bond acceptors (Lipinski definition) is 5. The topological polar surface area (TPSA) is 140 Å². The van der Waals surface area contributed by atoms with Crippen molar-refractivity contribution in [3.8, 4) is 0 Å². The minimum absolute atomic E-state index is 0.200. The van der Waals surface area contributed by atoms with Gasteiger partial charge in [-0.1, -0.05) is 35.8 Å². The van der Waals surface area contributed by atoms with Crippen LogP contribution in [-0.4, -0.2) is 35.8 Å². The maximum absolute atomic E-state index is 11.8. The van der Waals surface area contributed by atoms with Crippen molar-refractivity contribution in [1.29, 1.82) is 0 Å². The molecule has 130 valence electrons. The van der Waals surface area contributed by atoms with Gasteiger partial charge in [0.25, 0.3) is 5.96 Å². The molecule has 1 unspecified atom stereocenters. The highest BCUT2D eigenvalue weighted by molar-refractivity contribution is 5.79. The third-order valence-electron chi connectivity index (χ3n) is 3.16. The Balaban J connectivity index is 2.27. The number of nitrogens with one attached hydrogen (secondary N) is 2. The second-order valence-corrected chi connectivity index (χ2v) is 5.07. The molecule has 9 nitrogen and oxygen atoms in total. The van der Waals surface area contributed by atoms with Crippen LogP contribution in [0.2, 0.25) is 0 Å². The number of aldehydes is 1. The molecule has 1 amide bonds. The zero-order valence-corrected chi connectivity index (χ0v) is 13.2. The molecule has 0 saturated carbocycles. The smallest absolute Gasteiger partial charge is 0.251 e. The lowest BCUT2D eigenvalue weighted by Crippen LogP contribution is -2.37. The molecular formula is C15H21N5O4. The first-order valence-electron chi connectivity index (χ1n) is 7.51. The SMILES string of the molecule is NC(=NCCCC(C=O)NC(=O)CCc1ccccc1)N[N+](=O)[O-]. The number of aliphatic imine (C=N–C) groups is 1. The van der Waals surface area contributed by atoms with Crippen LogP contribution >= 0.6 is 0 Å². The quantitative estimate of drug-likeness (QED) is 0.139. The fourth-order valence-electron chi connectivity index (χ4n) is 2.00. The molecule has 0 aliphatic rings. The number of aryl methyl sites for hydroxylation is 1. The second-order valence-electron chi connectivity index (χ2n) is 5.07. The van der Waals surface area contributed by atoms with Crippen molar-refractivity contribution in [1.82, 2.24) is 10.7 Å². The fourth-order valence-corrected chi connectivity index (χ4v) is 2.00. The standard InChI is InChI=1S/C15H21N5O4/c16-15(19-20(23)24)17-10-4-7-13(11-21)18-14(22)9-8-12-5-2-1-3-6-12/h1-3,5-6,11,13H,4,7-10H2,(H,18,22)(H3,16,17,19). The molecule has 4 N–H and O–H groups in total. The molecule has 0 aliphatic heterocycles. The number of benzene rings is 1. The number of hydrogen-bond donors (Lipinski definition) is 3. The summed E-state index contributed by atoms with van der Waals surface area (Å²) in [5, 5.41) is 12.0. The van der Waals surface area contributed by atoms with Crippen molar-refractivity contribution < 1.29 is 14.6 Å². The van der Waals surface area contributed by atoms with Gasteiger partial charge in [0.2, 0.25) is 5.91 Å². The summed E-state index contributed by atoms with van der Waals surface area (Å²) in [5.74, 6) is -0.497. The highest BCUT2D eigenvalue weighted by Gasteiger charge is 2.11. The third kappa shape index (κ3) is 8.47. The number of hydrazine groups is 1. The zero-order chi connectivity index (χ0) is 17.8. The fraction of sp³-hybridized carbons (Fsp3) is 0.400. The van der Waals surface area contributed by atoms with Crippen LogP contribution in [0.15, 0.2) is 35.3 Å². The summed E-state index contributed by atoms with van der Waals surface area (Å²) in [6, 6.07) is 8.98. The van der Waals surface area contributed by atoms with E-state index in [0.717, 1.165) is 5.56 Å². The Labute approximate surface area is 139 Å². The Morgan fingerprint density at radius 2 is 2.08 bits per heavy atom. The molecule has 24 heavy (non-hydrogen) atoms. The van der Waals surface area contributed by atoms with Crippen molar-refractivity contribution in [2.45, 2.75) is 31.7 Å². The highest BCUT2D eigenvalue weighted by Crippen LogP contribution is 2.03. The first-order valence-corrected chi connectivity index (χ1v) is 7.51. The lowest BCUT2D eigenvalue weighted by Gasteiger charge is -2.12. The molecule has 0 aliphatic carbocycles. The Morgan fingerprint density at radius 3 is 2.71 bits per heavy atom. The molecule has 0 aromatic heterocycles. The number of carbonyl (C=O) groups is 2. The number of amides is 1. The van der Waals surface area contributed by atoms with Gasteiger partial charge in [0, 0.05) is 13.0 Å². The zero-order valence-electron chi connectivity index (χ0n) is 13.2. The third-order valence-corrected chi connectivity index (χ3v) is 3.16. The normalized spacial score (nSPS) is 12.2. The second kappa shape index (κ2) is 10.7. The Kier molecular flexibility index (Phi) is 8.51. The average Bonchev–Trinajstić information content (AvgIpc) is 2.56. The monoisotopic (exact) mass is 335 g/mol. The highest BCUT2D eigenvalue weighted by atomic mass is 16.7. The van der Waals surface area contributed by atoms with E-state index in [4.69, 9.17) is 5.73 Å². The first kappa shape index (κ1) is 19.1. The van der Waals surface area contributed by atoms with Crippen molar-refractivity contribution in [3.05, 3.63) is 46.0 Å². The lowest BCUT2D eigenvalue weighted by atomic mass is 10.1. The van der Waals surface area contributed by atoms with Crippen molar-refractivity contribution in [2.24, 2.45) is 10.7 Å². The van der Waals surface area contributed by atoms with E-state index in [2.05, 4.69) is 10.3 Å². The number of nitrogens with two attached hydrogens (primary N) is 1. The maximum Gasteiger partial charge on any atom is 0.251 e. The van der Waals surface area contributed by atoms with Crippen molar-refractivity contribution in [3.63, 3.8) is 0 Å². The molecule has 0 heterocycles. The van der Waals surface area contributed by atoms with Gasteiger partial charge in [0.1, 0.15) is 6.29 Å². The van der Waals surface area contributed by atoms with Gasteiger partial charge in [-0.3, -0.25) is 4.79 Å². The molecule has 1 atom stereocenters. The van der Waals surface area contributed by atoms with Gasteiger partial charge in [-0.25, -0.2) is 15.1 Å². The van der Waals surface area contributed by atoms with E-state index >= 15 is 0 Å². The van der Waals surface area contributed by atoms with Crippen LogP contribution in [0.5, 0.6) is 0 Å². The summed E-state index contributed by atoms with van der Waals surface area (Å²) >= 11 is 0. The number of rotatable bonds is 10. The van der Waals surface area contributed by atoms with Gasteiger partial charge < -0.3 is 15.8 Å². The summed E-state index contributed by atoms with van der Waals surface area (Å²) in [7, 11) is 0. The number of guanidine groups is 1. The van der Waals surface area contributed by atoms with Gasteiger partial charge in [0.05, 0.1) is 6.04 Å². The number of carbonyl (C=O) groups excluding carboxylic acids is 2. The van der Waals surface area contributed by atoms with E-state index in [-0.39, 0.29) is 18.4 Å². The minimum atomic E-state index is -0.806. The molecule has 9 heteroatoms. The van der Waals surface area contributed by atoms with Crippen LogP contribution < -0.4 is 16.5 Å². The van der Waals surface area contributed by atoms with Crippen molar-refractivity contribution in [2.75, 3.05) is 6.54 Å². The Bertz CT molecular complexity index is 576.